The molecule has 6 nitrogen and oxygen atoms in total. The molecule has 0 saturated heterocycles. The van der Waals surface area contributed by atoms with E-state index in [1.807, 2.05) is 0 Å². The maximum Gasteiger partial charge on any atom is 0.295 e. The van der Waals surface area contributed by atoms with E-state index in [-0.39, 0.29) is 27.8 Å². The molecule has 0 aliphatic carbocycles. The lowest BCUT2D eigenvalue weighted by Gasteiger charge is -2.22. The molecule has 0 fully saturated rings. The first-order valence-corrected chi connectivity index (χ1v) is 8.69. The molecular formula is C14H12Cl2N2O4S. The second-order valence-corrected chi connectivity index (χ2v) is 7.25. The second kappa shape index (κ2) is 6.74. The average molecular weight is 375 g/mol. The molecule has 23 heavy (non-hydrogen) atoms. The molecule has 122 valence electrons. The van der Waals surface area contributed by atoms with Crippen LogP contribution in [-0.4, -0.2) is 19.9 Å². The molecule has 9 heteroatoms. The van der Waals surface area contributed by atoms with Gasteiger partial charge in [0.25, 0.3) is 15.7 Å². The van der Waals surface area contributed by atoms with Crippen molar-refractivity contribution in [3.05, 3.63) is 62.6 Å². The Kier molecular flexibility index (Phi) is 5.13. The van der Waals surface area contributed by atoms with Gasteiger partial charge in [0, 0.05) is 22.7 Å². The number of benzene rings is 2. The predicted octanol–water partition coefficient (Wildman–Crippen LogP) is 4.12. The van der Waals surface area contributed by atoms with Gasteiger partial charge < -0.3 is 0 Å². The highest BCUT2D eigenvalue weighted by Crippen LogP contribution is 2.34. The van der Waals surface area contributed by atoms with Crippen LogP contribution in [-0.2, 0) is 10.0 Å². The third-order valence-electron chi connectivity index (χ3n) is 3.09. The van der Waals surface area contributed by atoms with Crippen LogP contribution in [0.5, 0.6) is 0 Å². The SMILES string of the molecule is CCN(c1ccc(Cl)cc1[N+](=O)[O-])S(=O)(=O)c1ccc(Cl)cc1. The number of hydrogen-bond acceptors (Lipinski definition) is 4. The molecule has 0 amide bonds. The van der Waals surface area contributed by atoms with Gasteiger partial charge in [-0.1, -0.05) is 23.2 Å². The molecule has 0 atom stereocenters. The van der Waals surface area contributed by atoms with E-state index in [1.54, 1.807) is 6.92 Å². The fraction of sp³-hybridized carbons (Fsp3) is 0.143. The zero-order valence-corrected chi connectivity index (χ0v) is 14.3. The first-order chi connectivity index (χ1) is 10.8. The maximum absolute atomic E-state index is 12.8. The van der Waals surface area contributed by atoms with Gasteiger partial charge in [0.15, 0.2) is 0 Å². The van der Waals surface area contributed by atoms with Crippen LogP contribution in [0.4, 0.5) is 11.4 Å². The van der Waals surface area contributed by atoms with E-state index in [2.05, 4.69) is 0 Å². The van der Waals surface area contributed by atoms with Crippen molar-refractivity contribution in [1.29, 1.82) is 0 Å². The monoisotopic (exact) mass is 374 g/mol. The van der Waals surface area contributed by atoms with Crippen LogP contribution in [0.3, 0.4) is 0 Å². The lowest BCUT2D eigenvalue weighted by Crippen LogP contribution is -2.31. The molecule has 2 aromatic rings. The molecule has 0 spiro atoms. The number of anilines is 1. The number of sulfonamides is 1. The van der Waals surface area contributed by atoms with Gasteiger partial charge in [-0.25, -0.2) is 8.42 Å². The highest BCUT2D eigenvalue weighted by molar-refractivity contribution is 7.92. The van der Waals surface area contributed by atoms with Crippen LogP contribution < -0.4 is 4.31 Å². The van der Waals surface area contributed by atoms with Crippen molar-refractivity contribution in [2.45, 2.75) is 11.8 Å². The second-order valence-electron chi connectivity index (χ2n) is 4.51. The highest BCUT2D eigenvalue weighted by Gasteiger charge is 2.29. The van der Waals surface area contributed by atoms with E-state index in [4.69, 9.17) is 23.2 Å². The number of halogens is 2. The summed E-state index contributed by atoms with van der Waals surface area (Å²) in [5.74, 6) is 0. The standard InChI is InChI=1S/C14H12Cl2N2O4S/c1-2-17(13-8-5-11(16)9-14(13)18(19)20)23(21,22)12-6-3-10(15)4-7-12/h3-9H,2H2,1H3. The van der Waals surface area contributed by atoms with Gasteiger partial charge in [-0.2, -0.15) is 0 Å². The third-order valence-corrected chi connectivity index (χ3v) is 5.48. The normalized spacial score (nSPS) is 11.3. The Bertz CT molecular complexity index is 838. The molecule has 0 unspecified atom stereocenters. The van der Waals surface area contributed by atoms with E-state index < -0.39 is 14.9 Å². The maximum atomic E-state index is 12.8. The number of rotatable bonds is 5. The molecule has 0 radical (unpaired) electrons. The van der Waals surface area contributed by atoms with Crippen molar-refractivity contribution in [2.75, 3.05) is 10.8 Å². The Labute approximate surface area is 143 Å². The van der Waals surface area contributed by atoms with Gasteiger partial charge in [-0.15, -0.1) is 0 Å². The molecule has 0 N–H and O–H groups in total. The summed E-state index contributed by atoms with van der Waals surface area (Å²) in [5, 5.41) is 11.8. The molecule has 0 bridgehead atoms. The third kappa shape index (κ3) is 3.57. The zero-order chi connectivity index (χ0) is 17.2. The summed E-state index contributed by atoms with van der Waals surface area (Å²) in [5.41, 5.74) is -0.422. The lowest BCUT2D eigenvalue weighted by molar-refractivity contribution is -0.384. The fourth-order valence-electron chi connectivity index (χ4n) is 2.06. The quantitative estimate of drug-likeness (QED) is 0.582. The summed E-state index contributed by atoms with van der Waals surface area (Å²) in [4.78, 5) is 10.5. The van der Waals surface area contributed by atoms with Gasteiger partial charge >= 0.3 is 0 Å². The Balaban J connectivity index is 2.60. The van der Waals surface area contributed by atoms with Crippen LogP contribution in [0.2, 0.25) is 10.0 Å². The first-order valence-electron chi connectivity index (χ1n) is 6.49. The van der Waals surface area contributed by atoms with Gasteiger partial charge in [0.05, 0.1) is 9.82 Å². The predicted molar refractivity (Wildman–Crippen MR) is 89.8 cm³/mol. The molecule has 2 aromatic carbocycles. The molecule has 0 aliphatic heterocycles. The lowest BCUT2D eigenvalue weighted by atomic mass is 10.2. The van der Waals surface area contributed by atoms with Crippen LogP contribution in [0.1, 0.15) is 6.92 Å². The Morgan fingerprint density at radius 1 is 1.09 bits per heavy atom. The Morgan fingerprint density at radius 3 is 2.17 bits per heavy atom. The average Bonchev–Trinajstić information content (AvgIpc) is 2.49. The van der Waals surface area contributed by atoms with Crippen molar-refractivity contribution in [2.24, 2.45) is 0 Å². The first kappa shape index (κ1) is 17.5. The van der Waals surface area contributed by atoms with Crippen molar-refractivity contribution in [3.63, 3.8) is 0 Å². The molecule has 2 rings (SSSR count). The van der Waals surface area contributed by atoms with Gasteiger partial charge in [-0.05, 0) is 43.3 Å². The largest absolute Gasteiger partial charge is 0.295 e. The topological polar surface area (TPSA) is 80.5 Å². The summed E-state index contributed by atoms with van der Waals surface area (Å²) in [7, 11) is -3.96. The number of nitro groups is 1. The van der Waals surface area contributed by atoms with Gasteiger partial charge in [0.1, 0.15) is 5.69 Å². The molecule has 0 aromatic heterocycles. The minimum Gasteiger partial charge on any atom is -0.260 e. The minimum absolute atomic E-state index is 0.00648. The highest BCUT2D eigenvalue weighted by atomic mass is 35.5. The van der Waals surface area contributed by atoms with Crippen molar-refractivity contribution < 1.29 is 13.3 Å². The van der Waals surface area contributed by atoms with Crippen molar-refractivity contribution in [1.82, 2.24) is 0 Å². The smallest absolute Gasteiger partial charge is 0.260 e. The molecule has 0 aliphatic rings. The Morgan fingerprint density at radius 2 is 1.65 bits per heavy atom. The van der Waals surface area contributed by atoms with Crippen LogP contribution in [0.25, 0.3) is 0 Å². The molecule has 0 heterocycles. The van der Waals surface area contributed by atoms with Crippen LogP contribution in [0, 0.1) is 10.1 Å². The Hall–Kier alpha value is -1.83. The fourth-order valence-corrected chi connectivity index (χ4v) is 3.84. The number of nitrogens with zero attached hydrogens (tertiary/aromatic N) is 2. The number of hydrogen-bond donors (Lipinski definition) is 0. The van der Waals surface area contributed by atoms with E-state index in [0.29, 0.717) is 5.02 Å². The summed E-state index contributed by atoms with van der Waals surface area (Å²) >= 11 is 11.5. The molecular weight excluding hydrogens is 363 g/mol. The van der Waals surface area contributed by atoms with E-state index >= 15 is 0 Å². The summed E-state index contributed by atoms with van der Waals surface area (Å²) in [6.45, 7) is 1.61. The summed E-state index contributed by atoms with van der Waals surface area (Å²) < 4.78 is 26.5. The van der Waals surface area contributed by atoms with Gasteiger partial charge in [0.2, 0.25) is 0 Å². The van der Waals surface area contributed by atoms with E-state index in [9.17, 15) is 18.5 Å². The summed E-state index contributed by atoms with van der Waals surface area (Å²) in [6, 6.07) is 9.43. The van der Waals surface area contributed by atoms with E-state index in [1.165, 1.54) is 36.4 Å². The van der Waals surface area contributed by atoms with Crippen molar-refractivity contribution >= 4 is 44.6 Å². The summed E-state index contributed by atoms with van der Waals surface area (Å²) in [6.07, 6.45) is 0. The van der Waals surface area contributed by atoms with Gasteiger partial charge in [-0.3, -0.25) is 14.4 Å². The minimum atomic E-state index is -3.96. The zero-order valence-electron chi connectivity index (χ0n) is 11.9. The molecule has 0 saturated carbocycles. The van der Waals surface area contributed by atoms with Crippen LogP contribution in [0.15, 0.2) is 47.4 Å². The van der Waals surface area contributed by atoms with E-state index in [0.717, 1.165) is 10.4 Å². The van der Waals surface area contributed by atoms with Crippen LogP contribution >= 0.6 is 23.2 Å². The van der Waals surface area contributed by atoms with Crippen molar-refractivity contribution in [3.8, 4) is 0 Å². The number of nitro benzene ring substituents is 1.